The molecular weight excluding hydrogens is 382 g/mol. The number of para-hydroxylation sites is 1. The van der Waals surface area contributed by atoms with Crippen molar-refractivity contribution in [3.05, 3.63) is 24.3 Å². The zero-order valence-corrected chi connectivity index (χ0v) is 18.0. The van der Waals surface area contributed by atoms with Gasteiger partial charge in [-0.25, -0.2) is 4.79 Å². The van der Waals surface area contributed by atoms with Crippen LogP contribution in [0.1, 0.15) is 40.5 Å². The van der Waals surface area contributed by atoms with E-state index in [-0.39, 0.29) is 0 Å². The standard InChI is InChI=1S/C19H31NO7Si/c1-5-13-20(16(19(23)24)14-18(21)22)15-11-9-10-12-17(15)28(25-6-2,26-7-3)27-8-4/h9-12,16H,5-8,13-14H2,1-4H3,(H,21,22)(H,23,24). The summed E-state index contributed by atoms with van der Waals surface area (Å²) in [7, 11) is -3.31. The number of nitrogens with zero attached hydrogens (tertiary/aromatic N) is 1. The van der Waals surface area contributed by atoms with E-state index in [1.54, 1.807) is 17.0 Å². The number of carboxylic acids is 2. The smallest absolute Gasteiger partial charge is 0.481 e. The Hall–Kier alpha value is -1.94. The van der Waals surface area contributed by atoms with Gasteiger partial charge < -0.3 is 28.4 Å². The van der Waals surface area contributed by atoms with E-state index in [1.165, 1.54) is 0 Å². The van der Waals surface area contributed by atoms with Crippen molar-refractivity contribution in [3.8, 4) is 0 Å². The molecule has 28 heavy (non-hydrogen) atoms. The molecule has 0 aromatic heterocycles. The molecular formula is C19H31NO7Si. The highest BCUT2D eigenvalue weighted by atomic mass is 28.4. The first-order valence-corrected chi connectivity index (χ1v) is 11.3. The zero-order chi connectivity index (χ0) is 21.2. The summed E-state index contributed by atoms with van der Waals surface area (Å²) >= 11 is 0. The molecule has 0 heterocycles. The molecule has 8 nitrogen and oxygen atoms in total. The van der Waals surface area contributed by atoms with Gasteiger partial charge in [-0.2, -0.15) is 0 Å². The van der Waals surface area contributed by atoms with Gasteiger partial charge in [0, 0.05) is 37.2 Å². The van der Waals surface area contributed by atoms with Crippen molar-refractivity contribution in [2.75, 3.05) is 31.3 Å². The van der Waals surface area contributed by atoms with Crippen LogP contribution in [0.2, 0.25) is 0 Å². The topological polar surface area (TPSA) is 106 Å². The first-order valence-electron chi connectivity index (χ1n) is 9.59. The lowest BCUT2D eigenvalue weighted by Crippen LogP contribution is -2.59. The maximum absolute atomic E-state index is 11.9. The van der Waals surface area contributed by atoms with Gasteiger partial charge in [0.25, 0.3) is 0 Å². The highest BCUT2D eigenvalue weighted by Crippen LogP contribution is 2.23. The second-order valence-electron chi connectivity index (χ2n) is 6.02. The number of rotatable bonds is 14. The van der Waals surface area contributed by atoms with Gasteiger partial charge >= 0.3 is 20.7 Å². The number of hydrogen-bond acceptors (Lipinski definition) is 6. The molecule has 0 aliphatic rings. The highest BCUT2D eigenvalue weighted by Gasteiger charge is 2.46. The fourth-order valence-corrected chi connectivity index (χ4v) is 5.79. The molecule has 1 atom stereocenters. The van der Waals surface area contributed by atoms with E-state index in [0.717, 1.165) is 0 Å². The Morgan fingerprint density at radius 2 is 1.54 bits per heavy atom. The molecule has 0 fully saturated rings. The minimum absolute atomic E-state index is 0.367. The van der Waals surface area contributed by atoms with Crippen LogP contribution in [0.25, 0.3) is 0 Å². The molecule has 0 amide bonds. The van der Waals surface area contributed by atoms with Crippen molar-refractivity contribution < 1.29 is 33.1 Å². The largest absolute Gasteiger partial charge is 0.539 e. The molecule has 0 radical (unpaired) electrons. The minimum atomic E-state index is -3.31. The summed E-state index contributed by atoms with van der Waals surface area (Å²) in [4.78, 5) is 24.8. The van der Waals surface area contributed by atoms with Crippen LogP contribution in [0, 0.1) is 0 Å². The van der Waals surface area contributed by atoms with Gasteiger partial charge in [0.15, 0.2) is 0 Å². The van der Waals surface area contributed by atoms with Gasteiger partial charge in [-0.05, 0) is 33.3 Å². The predicted octanol–water partition coefficient (Wildman–Crippen LogP) is 2.09. The molecule has 1 unspecified atom stereocenters. The van der Waals surface area contributed by atoms with Gasteiger partial charge in [-0.15, -0.1) is 0 Å². The fourth-order valence-electron chi connectivity index (χ4n) is 3.09. The number of benzene rings is 1. The van der Waals surface area contributed by atoms with Crippen molar-refractivity contribution in [1.29, 1.82) is 0 Å². The summed E-state index contributed by atoms with van der Waals surface area (Å²) in [5.41, 5.74) is 0.569. The van der Waals surface area contributed by atoms with E-state index in [9.17, 15) is 19.8 Å². The molecule has 0 saturated carbocycles. The summed E-state index contributed by atoms with van der Waals surface area (Å²) in [5, 5.41) is 19.6. The normalized spacial score (nSPS) is 12.6. The average Bonchev–Trinajstić information content (AvgIpc) is 2.65. The van der Waals surface area contributed by atoms with Crippen LogP contribution in [0.4, 0.5) is 5.69 Å². The second-order valence-corrected chi connectivity index (χ2v) is 8.53. The molecule has 0 aliphatic heterocycles. The Morgan fingerprint density at radius 3 is 1.96 bits per heavy atom. The van der Waals surface area contributed by atoms with Crippen molar-refractivity contribution in [2.24, 2.45) is 0 Å². The Bertz CT molecular complexity index is 623. The molecule has 0 spiro atoms. The minimum Gasteiger partial charge on any atom is -0.481 e. The zero-order valence-electron chi connectivity index (χ0n) is 17.0. The number of carboxylic acid groups (broad SMARTS) is 2. The van der Waals surface area contributed by atoms with E-state index >= 15 is 0 Å². The summed E-state index contributed by atoms with van der Waals surface area (Å²) in [6.07, 6.45) is 0.125. The molecule has 2 N–H and O–H groups in total. The third kappa shape index (κ3) is 6.03. The van der Waals surface area contributed by atoms with Crippen LogP contribution in [-0.4, -0.2) is 63.4 Å². The van der Waals surface area contributed by atoms with Crippen LogP contribution >= 0.6 is 0 Å². The van der Waals surface area contributed by atoms with Crippen LogP contribution in [0.3, 0.4) is 0 Å². The van der Waals surface area contributed by atoms with Gasteiger partial charge in [-0.1, -0.05) is 25.1 Å². The molecule has 1 aromatic carbocycles. The second kappa shape index (κ2) is 11.8. The van der Waals surface area contributed by atoms with E-state index in [2.05, 4.69) is 0 Å². The van der Waals surface area contributed by atoms with Crippen molar-refractivity contribution in [1.82, 2.24) is 0 Å². The first kappa shape index (κ1) is 24.1. The molecule has 0 bridgehead atoms. The van der Waals surface area contributed by atoms with Gasteiger partial charge in [0.1, 0.15) is 6.04 Å². The lowest BCUT2D eigenvalue weighted by Gasteiger charge is -2.36. The Morgan fingerprint density at radius 1 is 1.00 bits per heavy atom. The van der Waals surface area contributed by atoms with Crippen LogP contribution in [-0.2, 0) is 22.9 Å². The molecule has 158 valence electrons. The SMILES string of the molecule is CCCN(c1ccccc1[Si](OCC)(OCC)OCC)C(CC(=O)O)C(=O)O. The van der Waals surface area contributed by atoms with Crippen molar-refractivity contribution in [2.45, 2.75) is 46.6 Å². The molecule has 0 saturated heterocycles. The van der Waals surface area contributed by atoms with Crippen molar-refractivity contribution >= 4 is 31.6 Å². The van der Waals surface area contributed by atoms with E-state index in [4.69, 9.17) is 13.3 Å². The van der Waals surface area contributed by atoms with E-state index in [1.807, 2.05) is 39.8 Å². The third-order valence-corrected chi connectivity index (χ3v) is 7.13. The summed E-state index contributed by atoms with van der Waals surface area (Å²) < 4.78 is 18.0. The fraction of sp³-hybridized carbons (Fsp3) is 0.579. The van der Waals surface area contributed by atoms with Gasteiger partial charge in [0.05, 0.1) is 6.42 Å². The third-order valence-electron chi connectivity index (χ3n) is 4.04. The van der Waals surface area contributed by atoms with Crippen LogP contribution in [0.15, 0.2) is 24.3 Å². The van der Waals surface area contributed by atoms with Crippen LogP contribution < -0.4 is 10.1 Å². The van der Waals surface area contributed by atoms with E-state index in [0.29, 0.717) is 43.7 Å². The number of carbonyl (C=O) groups is 2. The lowest BCUT2D eigenvalue weighted by atomic mass is 10.1. The van der Waals surface area contributed by atoms with Gasteiger partial charge in [0.2, 0.25) is 0 Å². The summed E-state index contributed by atoms with van der Waals surface area (Å²) in [6, 6.07) is 5.96. The van der Waals surface area contributed by atoms with Crippen LogP contribution in [0.5, 0.6) is 0 Å². The summed E-state index contributed by atoms with van der Waals surface area (Å²) in [5.74, 6) is -2.36. The molecule has 9 heteroatoms. The van der Waals surface area contributed by atoms with Gasteiger partial charge in [-0.3, -0.25) is 4.79 Å². The molecule has 0 aliphatic carbocycles. The van der Waals surface area contributed by atoms with E-state index < -0.39 is 33.2 Å². The quantitative estimate of drug-likeness (QED) is 0.447. The Labute approximate surface area is 167 Å². The number of hydrogen-bond donors (Lipinski definition) is 2. The van der Waals surface area contributed by atoms with Crippen molar-refractivity contribution in [3.63, 3.8) is 0 Å². The summed E-state index contributed by atoms with van der Waals surface area (Å²) in [6.45, 7) is 8.91. The molecule has 1 aromatic rings. The predicted molar refractivity (Wildman–Crippen MR) is 108 cm³/mol. The Balaban J connectivity index is 3.59. The maximum Gasteiger partial charge on any atom is 0.539 e. The average molecular weight is 414 g/mol. The Kier molecular flexibility index (Phi) is 10.2. The lowest BCUT2D eigenvalue weighted by molar-refractivity contribution is -0.145. The number of aliphatic carboxylic acids is 2. The first-order chi connectivity index (χ1) is 13.4. The highest BCUT2D eigenvalue weighted by molar-refractivity contribution is 6.76. The molecule has 1 rings (SSSR count). The monoisotopic (exact) mass is 413 g/mol. The number of anilines is 1. The maximum atomic E-state index is 11.9.